The molecular formula is C17H19NO3. The Morgan fingerprint density at radius 3 is 2.43 bits per heavy atom. The van der Waals surface area contributed by atoms with Gasteiger partial charge in [0.25, 0.3) is 5.91 Å². The first-order chi connectivity index (χ1) is 10.2. The van der Waals surface area contributed by atoms with E-state index in [1.807, 2.05) is 36.4 Å². The molecule has 4 nitrogen and oxygen atoms in total. The van der Waals surface area contributed by atoms with E-state index in [0.29, 0.717) is 11.5 Å². The zero-order chi connectivity index (χ0) is 15.1. The summed E-state index contributed by atoms with van der Waals surface area (Å²) in [5, 5.41) is 2.86. The number of amides is 1. The maximum absolute atomic E-state index is 12.0. The van der Waals surface area contributed by atoms with Crippen molar-refractivity contribution >= 4 is 11.6 Å². The van der Waals surface area contributed by atoms with Gasteiger partial charge in [0.1, 0.15) is 0 Å². The molecule has 0 aliphatic rings. The van der Waals surface area contributed by atoms with Crippen molar-refractivity contribution in [1.29, 1.82) is 0 Å². The fraction of sp³-hybridized carbons (Fsp3) is 0.235. The van der Waals surface area contributed by atoms with Gasteiger partial charge < -0.3 is 14.8 Å². The number of rotatable bonds is 6. The molecule has 110 valence electrons. The van der Waals surface area contributed by atoms with Gasteiger partial charge >= 0.3 is 0 Å². The number of hydrogen-bond donors (Lipinski definition) is 1. The van der Waals surface area contributed by atoms with Crippen LogP contribution in [0, 0.1) is 0 Å². The number of anilines is 1. The first kappa shape index (κ1) is 14.9. The van der Waals surface area contributed by atoms with E-state index < -0.39 is 0 Å². The second kappa shape index (κ2) is 7.33. The summed E-state index contributed by atoms with van der Waals surface area (Å²) in [6, 6.07) is 15.0. The summed E-state index contributed by atoms with van der Waals surface area (Å²) >= 11 is 0. The first-order valence-corrected chi connectivity index (χ1v) is 6.88. The van der Waals surface area contributed by atoms with Crippen molar-refractivity contribution in [3.8, 4) is 11.5 Å². The molecule has 0 atom stereocenters. The summed E-state index contributed by atoms with van der Waals surface area (Å²) in [6.07, 6.45) is 0.865. The Labute approximate surface area is 124 Å². The van der Waals surface area contributed by atoms with Gasteiger partial charge in [-0.3, -0.25) is 4.79 Å². The summed E-state index contributed by atoms with van der Waals surface area (Å²) in [5.41, 5.74) is 1.93. The SMILES string of the molecule is CCc1ccccc1NC(=O)COc1ccccc1OC. The molecule has 0 radical (unpaired) electrons. The number of para-hydroxylation sites is 3. The summed E-state index contributed by atoms with van der Waals surface area (Å²) in [5.74, 6) is 0.972. The van der Waals surface area contributed by atoms with Crippen LogP contribution in [-0.2, 0) is 11.2 Å². The van der Waals surface area contributed by atoms with Crippen molar-refractivity contribution in [3.05, 3.63) is 54.1 Å². The fourth-order valence-corrected chi connectivity index (χ4v) is 2.02. The minimum absolute atomic E-state index is 0.0571. The lowest BCUT2D eigenvalue weighted by Gasteiger charge is -2.12. The minimum Gasteiger partial charge on any atom is -0.493 e. The minimum atomic E-state index is -0.193. The molecule has 21 heavy (non-hydrogen) atoms. The average Bonchev–Trinajstić information content (AvgIpc) is 2.53. The van der Waals surface area contributed by atoms with Gasteiger partial charge in [0, 0.05) is 5.69 Å². The molecule has 4 heteroatoms. The predicted octanol–water partition coefficient (Wildman–Crippen LogP) is 3.28. The molecule has 0 bridgehead atoms. The molecule has 0 fully saturated rings. The summed E-state index contributed by atoms with van der Waals surface area (Å²) in [6.45, 7) is 1.99. The Hall–Kier alpha value is -2.49. The zero-order valence-corrected chi connectivity index (χ0v) is 12.3. The number of carbonyl (C=O) groups excluding carboxylic acids is 1. The Bertz CT molecular complexity index is 610. The van der Waals surface area contributed by atoms with Crippen LogP contribution in [0.15, 0.2) is 48.5 Å². The number of benzene rings is 2. The highest BCUT2D eigenvalue weighted by Crippen LogP contribution is 2.25. The molecular weight excluding hydrogens is 266 g/mol. The molecule has 0 aromatic heterocycles. The lowest BCUT2D eigenvalue weighted by Crippen LogP contribution is -2.21. The van der Waals surface area contributed by atoms with E-state index in [1.165, 1.54) is 0 Å². The van der Waals surface area contributed by atoms with Crippen LogP contribution in [-0.4, -0.2) is 19.6 Å². The molecule has 1 amide bonds. The highest BCUT2D eigenvalue weighted by Gasteiger charge is 2.08. The fourth-order valence-electron chi connectivity index (χ4n) is 2.02. The molecule has 1 N–H and O–H groups in total. The van der Waals surface area contributed by atoms with Gasteiger partial charge in [-0.25, -0.2) is 0 Å². The molecule has 0 aliphatic carbocycles. The van der Waals surface area contributed by atoms with Crippen LogP contribution in [0.2, 0.25) is 0 Å². The van der Waals surface area contributed by atoms with Gasteiger partial charge in [-0.2, -0.15) is 0 Å². The van der Waals surface area contributed by atoms with Crippen LogP contribution in [0.3, 0.4) is 0 Å². The molecule has 0 spiro atoms. The molecule has 0 aliphatic heterocycles. The predicted molar refractivity (Wildman–Crippen MR) is 82.9 cm³/mol. The summed E-state index contributed by atoms with van der Waals surface area (Å²) < 4.78 is 10.7. The first-order valence-electron chi connectivity index (χ1n) is 6.88. The number of nitrogens with one attached hydrogen (secondary N) is 1. The molecule has 0 heterocycles. The number of aryl methyl sites for hydroxylation is 1. The van der Waals surface area contributed by atoms with Gasteiger partial charge in [0.2, 0.25) is 0 Å². The monoisotopic (exact) mass is 285 g/mol. The third-order valence-corrected chi connectivity index (χ3v) is 3.10. The highest BCUT2D eigenvalue weighted by molar-refractivity contribution is 5.92. The summed E-state index contributed by atoms with van der Waals surface area (Å²) in [7, 11) is 1.57. The van der Waals surface area contributed by atoms with Gasteiger partial charge in [0.15, 0.2) is 18.1 Å². The molecule has 2 aromatic rings. The van der Waals surface area contributed by atoms with E-state index in [0.717, 1.165) is 17.7 Å². The van der Waals surface area contributed by atoms with E-state index in [-0.39, 0.29) is 12.5 Å². The van der Waals surface area contributed by atoms with Gasteiger partial charge in [-0.1, -0.05) is 37.3 Å². The third kappa shape index (κ3) is 3.99. The maximum Gasteiger partial charge on any atom is 0.262 e. The van der Waals surface area contributed by atoms with Crippen molar-refractivity contribution in [2.75, 3.05) is 19.0 Å². The third-order valence-electron chi connectivity index (χ3n) is 3.10. The molecule has 0 saturated heterocycles. The lowest BCUT2D eigenvalue weighted by atomic mass is 10.1. The van der Waals surface area contributed by atoms with Crippen LogP contribution in [0.4, 0.5) is 5.69 Å². The second-order valence-electron chi connectivity index (χ2n) is 4.50. The van der Waals surface area contributed by atoms with Crippen LogP contribution < -0.4 is 14.8 Å². The van der Waals surface area contributed by atoms with Crippen LogP contribution >= 0.6 is 0 Å². The Morgan fingerprint density at radius 2 is 1.71 bits per heavy atom. The quantitative estimate of drug-likeness (QED) is 0.886. The number of ether oxygens (including phenoxy) is 2. The van der Waals surface area contributed by atoms with E-state index in [2.05, 4.69) is 12.2 Å². The number of carbonyl (C=O) groups is 1. The molecule has 0 saturated carbocycles. The van der Waals surface area contributed by atoms with Crippen molar-refractivity contribution < 1.29 is 14.3 Å². The van der Waals surface area contributed by atoms with Crippen molar-refractivity contribution in [2.24, 2.45) is 0 Å². The Morgan fingerprint density at radius 1 is 1.05 bits per heavy atom. The van der Waals surface area contributed by atoms with Gasteiger partial charge in [0.05, 0.1) is 7.11 Å². The topological polar surface area (TPSA) is 47.6 Å². The highest BCUT2D eigenvalue weighted by atomic mass is 16.5. The van der Waals surface area contributed by atoms with E-state index in [1.54, 1.807) is 19.2 Å². The molecule has 2 rings (SSSR count). The molecule has 0 unspecified atom stereocenters. The second-order valence-corrected chi connectivity index (χ2v) is 4.50. The van der Waals surface area contributed by atoms with Gasteiger partial charge in [-0.15, -0.1) is 0 Å². The lowest BCUT2D eigenvalue weighted by molar-refractivity contribution is -0.118. The van der Waals surface area contributed by atoms with Crippen molar-refractivity contribution in [2.45, 2.75) is 13.3 Å². The maximum atomic E-state index is 12.0. The van der Waals surface area contributed by atoms with Gasteiger partial charge in [-0.05, 0) is 30.2 Å². The van der Waals surface area contributed by atoms with E-state index in [4.69, 9.17) is 9.47 Å². The smallest absolute Gasteiger partial charge is 0.262 e. The van der Waals surface area contributed by atoms with Crippen LogP contribution in [0.5, 0.6) is 11.5 Å². The van der Waals surface area contributed by atoms with Crippen molar-refractivity contribution in [3.63, 3.8) is 0 Å². The normalized spacial score (nSPS) is 10.0. The van der Waals surface area contributed by atoms with E-state index in [9.17, 15) is 4.79 Å². The number of methoxy groups -OCH3 is 1. The largest absolute Gasteiger partial charge is 0.493 e. The number of hydrogen-bond acceptors (Lipinski definition) is 3. The summed E-state index contributed by atoms with van der Waals surface area (Å²) in [4.78, 5) is 12.0. The molecule has 2 aromatic carbocycles. The van der Waals surface area contributed by atoms with Crippen molar-refractivity contribution in [1.82, 2.24) is 0 Å². The van der Waals surface area contributed by atoms with Crippen LogP contribution in [0.25, 0.3) is 0 Å². The van der Waals surface area contributed by atoms with E-state index >= 15 is 0 Å². The average molecular weight is 285 g/mol. The Balaban J connectivity index is 1.96. The zero-order valence-electron chi connectivity index (χ0n) is 12.3. The van der Waals surface area contributed by atoms with Crippen LogP contribution in [0.1, 0.15) is 12.5 Å². The standard InChI is InChI=1S/C17H19NO3/c1-3-13-8-4-5-9-14(13)18-17(19)12-21-16-11-7-6-10-15(16)20-2/h4-11H,3,12H2,1-2H3,(H,18,19). The Kier molecular flexibility index (Phi) is 5.21.